The van der Waals surface area contributed by atoms with Crippen LogP contribution in [0.2, 0.25) is 0 Å². The van der Waals surface area contributed by atoms with Crippen LogP contribution in [0.1, 0.15) is 23.9 Å². The molecule has 28 heavy (non-hydrogen) atoms. The average molecular weight is 376 g/mol. The van der Waals surface area contributed by atoms with Crippen LogP contribution >= 0.6 is 0 Å². The first-order chi connectivity index (χ1) is 13.5. The molecule has 0 fully saturated rings. The molecule has 0 aliphatic heterocycles. The van der Waals surface area contributed by atoms with Crippen LogP contribution in [0.25, 0.3) is 22.7 Å². The Balaban J connectivity index is 1.95. The number of hydrogen-bond acceptors (Lipinski definition) is 5. The Labute approximate surface area is 162 Å². The first-order valence-corrected chi connectivity index (χ1v) is 8.76. The van der Waals surface area contributed by atoms with Gasteiger partial charge in [0.1, 0.15) is 11.9 Å². The van der Waals surface area contributed by atoms with Crippen LogP contribution in [0.3, 0.4) is 0 Å². The summed E-state index contributed by atoms with van der Waals surface area (Å²) in [4.78, 5) is 18.6. The SMILES string of the molecule is CCOc1cc(/C=C(/C#N)c2nc3ccc(C)cc3[nH]2)ccc1OCC(N)=O. The summed E-state index contributed by atoms with van der Waals surface area (Å²) in [6.45, 7) is 4.03. The number of aromatic amines is 1. The zero-order valence-corrected chi connectivity index (χ0v) is 15.7. The van der Waals surface area contributed by atoms with Crippen molar-refractivity contribution < 1.29 is 14.3 Å². The van der Waals surface area contributed by atoms with Crippen molar-refractivity contribution in [2.75, 3.05) is 13.2 Å². The fourth-order valence-electron chi connectivity index (χ4n) is 2.72. The lowest BCUT2D eigenvalue weighted by Crippen LogP contribution is -2.20. The van der Waals surface area contributed by atoms with E-state index < -0.39 is 5.91 Å². The minimum absolute atomic E-state index is 0.239. The van der Waals surface area contributed by atoms with Crippen molar-refractivity contribution in [1.29, 1.82) is 5.26 Å². The molecule has 0 aliphatic rings. The summed E-state index contributed by atoms with van der Waals surface area (Å²) in [5, 5.41) is 9.61. The van der Waals surface area contributed by atoms with Gasteiger partial charge in [-0.25, -0.2) is 4.98 Å². The number of nitrogens with two attached hydrogens (primary N) is 1. The summed E-state index contributed by atoms with van der Waals surface area (Å²) in [6, 6.07) is 13.2. The Morgan fingerprint density at radius 2 is 2.07 bits per heavy atom. The van der Waals surface area contributed by atoms with E-state index >= 15 is 0 Å². The van der Waals surface area contributed by atoms with Gasteiger partial charge in [0.15, 0.2) is 18.1 Å². The molecular formula is C21H20N4O3. The summed E-state index contributed by atoms with van der Waals surface area (Å²) >= 11 is 0. The van der Waals surface area contributed by atoms with Crippen molar-refractivity contribution in [3.63, 3.8) is 0 Å². The number of benzene rings is 2. The molecule has 0 saturated carbocycles. The largest absolute Gasteiger partial charge is 0.490 e. The monoisotopic (exact) mass is 376 g/mol. The number of nitriles is 1. The number of ether oxygens (including phenoxy) is 2. The fraction of sp³-hybridized carbons (Fsp3) is 0.190. The number of aromatic nitrogens is 2. The van der Waals surface area contributed by atoms with Gasteiger partial charge in [-0.15, -0.1) is 0 Å². The van der Waals surface area contributed by atoms with E-state index in [2.05, 4.69) is 16.0 Å². The minimum Gasteiger partial charge on any atom is -0.490 e. The molecule has 0 saturated heterocycles. The normalized spacial score (nSPS) is 11.2. The molecule has 7 heteroatoms. The van der Waals surface area contributed by atoms with Crippen LogP contribution < -0.4 is 15.2 Å². The summed E-state index contributed by atoms with van der Waals surface area (Å²) in [7, 11) is 0. The zero-order valence-electron chi connectivity index (χ0n) is 15.7. The number of primary amides is 1. The number of rotatable bonds is 7. The molecule has 2 aromatic carbocycles. The molecule has 7 nitrogen and oxygen atoms in total. The number of nitrogens with one attached hydrogen (secondary N) is 1. The Morgan fingerprint density at radius 3 is 2.79 bits per heavy atom. The van der Waals surface area contributed by atoms with Gasteiger partial charge in [0.05, 0.1) is 23.2 Å². The van der Waals surface area contributed by atoms with E-state index in [9.17, 15) is 10.1 Å². The summed E-state index contributed by atoms with van der Waals surface area (Å²) in [6.07, 6.45) is 1.71. The van der Waals surface area contributed by atoms with E-state index in [1.54, 1.807) is 24.3 Å². The average Bonchev–Trinajstić information content (AvgIpc) is 3.08. The van der Waals surface area contributed by atoms with Crippen LogP contribution in [0.5, 0.6) is 11.5 Å². The number of nitrogens with zero attached hydrogens (tertiary/aromatic N) is 2. The molecular weight excluding hydrogens is 356 g/mol. The second-order valence-corrected chi connectivity index (χ2v) is 6.17. The number of carbonyl (C=O) groups is 1. The van der Waals surface area contributed by atoms with Crippen LogP contribution in [0.15, 0.2) is 36.4 Å². The fourth-order valence-corrected chi connectivity index (χ4v) is 2.72. The maximum absolute atomic E-state index is 10.9. The topological polar surface area (TPSA) is 114 Å². The zero-order chi connectivity index (χ0) is 20.1. The van der Waals surface area contributed by atoms with E-state index in [-0.39, 0.29) is 6.61 Å². The molecule has 0 spiro atoms. The number of imidazole rings is 1. The van der Waals surface area contributed by atoms with Crippen LogP contribution in [-0.4, -0.2) is 29.1 Å². The van der Waals surface area contributed by atoms with Crippen molar-refractivity contribution in [3.8, 4) is 17.6 Å². The van der Waals surface area contributed by atoms with Gasteiger partial charge < -0.3 is 20.2 Å². The minimum atomic E-state index is -0.571. The van der Waals surface area contributed by atoms with Gasteiger partial charge >= 0.3 is 0 Å². The quantitative estimate of drug-likeness (QED) is 0.615. The summed E-state index contributed by atoms with van der Waals surface area (Å²) in [5.74, 6) is 0.805. The van der Waals surface area contributed by atoms with Crippen molar-refractivity contribution in [2.24, 2.45) is 5.73 Å². The predicted octanol–water partition coefficient (Wildman–Crippen LogP) is 3.20. The lowest BCUT2D eigenvalue weighted by molar-refractivity contribution is -0.119. The molecule has 1 heterocycles. The lowest BCUT2D eigenvalue weighted by atomic mass is 10.1. The summed E-state index contributed by atoms with van der Waals surface area (Å²) < 4.78 is 10.9. The van der Waals surface area contributed by atoms with Crippen LogP contribution in [-0.2, 0) is 4.79 Å². The number of H-pyrrole nitrogens is 1. The van der Waals surface area contributed by atoms with Gasteiger partial charge in [0, 0.05) is 0 Å². The standard InChI is InChI=1S/C21H20N4O3/c1-3-27-19-10-14(5-7-18(19)28-12-20(23)26)9-15(11-22)21-24-16-6-4-13(2)8-17(16)25-21/h4-10H,3,12H2,1-2H3,(H2,23,26)(H,24,25)/b15-9-. The molecule has 3 N–H and O–H groups in total. The molecule has 3 rings (SSSR count). The van der Waals surface area contributed by atoms with Crippen molar-refractivity contribution >= 4 is 28.6 Å². The number of hydrogen-bond donors (Lipinski definition) is 2. The molecule has 0 bridgehead atoms. The Kier molecular flexibility index (Phi) is 5.61. The number of aryl methyl sites for hydroxylation is 1. The second kappa shape index (κ2) is 8.27. The van der Waals surface area contributed by atoms with E-state index in [1.807, 2.05) is 32.0 Å². The highest BCUT2D eigenvalue weighted by molar-refractivity contribution is 5.90. The highest BCUT2D eigenvalue weighted by atomic mass is 16.5. The first kappa shape index (κ1) is 19.0. The van der Waals surface area contributed by atoms with Gasteiger partial charge in [0.2, 0.25) is 0 Å². The molecule has 0 unspecified atom stereocenters. The van der Waals surface area contributed by atoms with Crippen molar-refractivity contribution in [2.45, 2.75) is 13.8 Å². The van der Waals surface area contributed by atoms with Gasteiger partial charge in [-0.3, -0.25) is 4.79 Å². The Hall–Kier alpha value is -3.79. The summed E-state index contributed by atoms with van der Waals surface area (Å²) in [5.41, 5.74) is 9.04. The molecule has 3 aromatic rings. The third kappa shape index (κ3) is 4.30. The molecule has 0 aliphatic carbocycles. The molecule has 0 atom stereocenters. The molecule has 1 amide bonds. The third-order valence-electron chi connectivity index (χ3n) is 3.96. The smallest absolute Gasteiger partial charge is 0.255 e. The maximum Gasteiger partial charge on any atom is 0.255 e. The van der Waals surface area contributed by atoms with Crippen molar-refractivity contribution in [1.82, 2.24) is 9.97 Å². The van der Waals surface area contributed by atoms with E-state index in [4.69, 9.17) is 15.2 Å². The van der Waals surface area contributed by atoms with Crippen LogP contribution in [0, 0.1) is 18.3 Å². The van der Waals surface area contributed by atoms with Crippen molar-refractivity contribution in [3.05, 3.63) is 53.3 Å². The second-order valence-electron chi connectivity index (χ2n) is 6.17. The predicted molar refractivity (Wildman–Crippen MR) is 107 cm³/mol. The Bertz CT molecular complexity index is 1090. The number of carbonyl (C=O) groups excluding carboxylic acids is 1. The van der Waals surface area contributed by atoms with E-state index in [1.165, 1.54) is 0 Å². The van der Waals surface area contributed by atoms with Gasteiger partial charge in [-0.2, -0.15) is 5.26 Å². The van der Waals surface area contributed by atoms with E-state index in [0.29, 0.717) is 29.5 Å². The third-order valence-corrected chi connectivity index (χ3v) is 3.96. The number of allylic oxidation sites excluding steroid dienone is 1. The highest BCUT2D eigenvalue weighted by Gasteiger charge is 2.11. The van der Waals surface area contributed by atoms with Gasteiger partial charge in [0.25, 0.3) is 5.91 Å². The molecule has 0 radical (unpaired) electrons. The number of amides is 1. The molecule has 1 aromatic heterocycles. The molecule has 142 valence electrons. The Morgan fingerprint density at radius 1 is 1.25 bits per heavy atom. The highest BCUT2D eigenvalue weighted by Crippen LogP contribution is 2.30. The first-order valence-electron chi connectivity index (χ1n) is 8.76. The van der Waals surface area contributed by atoms with Gasteiger partial charge in [-0.05, 0) is 55.3 Å². The maximum atomic E-state index is 10.9. The van der Waals surface area contributed by atoms with Crippen LogP contribution in [0.4, 0.5) is 0 Å². The lowest BCUT2D eigenvalue weighted by Gasteiger charge is -2.11. The van der Waals surface area contributed by atoms with E-state index in [0.717, 1.165) is 22.2 Å². The number of fused-ring (bicyclic) bond motifs is 1. The van der Waals surface area contributed by atoms with Gasteiger partial charge in [-0.1, -0.05) is 12.1 Å².